The number of carbonyl (C=O) groups is 3. The smallest absolute Gasteiger partial charge is 0.272 e. The molecule has 5 aromatic rings. The summed E-state index contributed by atoms with van der Waals surface area (Å²) < 4.78 is 11.8. The van der Waals surface area contributed by atoms with Crippen LogP contribution in [0.25, 0.3) is 17.3 Å². The number of anilines is 2. The highest BCUT2D eigenvalue weighted by Gasteiger charge is 2.21. The highest BCUT2D eigenvalue weighted by Crippen LogP contribution is 2.31. The van der Waals surface area contributed by atoms with Crippen molar-refractivity contribution in [3.8, 4) is 22.8 Å². The van der Waals surface area contributed by atoms with E-state index >= 15 is 0 Å². The van der Waals surface area contributed by atoms with Gasteiger partial charge < -0.3 is 25.4 Å². The lowest BCUT2D eigenvalue weighted by atomic mass is 10.1. The second-order valence-electron chi connectivity index (χ2n) is 10.5. The van der Waals surface area contributed by atoms with Crippen LogP contribution in [0, 0.1) is 0 Å². The molecule has 0 aliphatic heterocycles. The highest BCUT2D eigenvalue weighted by molar-refractivity contribution is 9.10. The molecule has 49 heavy (non-hydrogen) atoms. The zero-order valence-electron chi connectivity index (χ0n) is 26.9. The van der Waals surface area contributed by atoms with Crippen molar-refractivity contribution in [2.45, 2.75) is 23.5 Å². The number of carbonyl (C=O) groups excluding carboxylic acids is 3. The van der Waals surface area contributed by atoms with Gasteiger partial charge in [-0.15, -0.1) is 23.1 Å². The minimum absolute atomic E-state index is 0.00442. The maximum absolute atomic E-state index is 13.7. The molecule has 0 saturated heterocycles. The number of rotatable bonds is 13. The average Bonchev–Trinajstić information content (AvgIpc) is 3.59. The maximum atomic E-state index is 13.7. The fourth-order valence-corrected chi connectivity index (χ4v) is 6.65. The van der Waals surface area contributed by atoms with Gasteiger partial charge >= 0.3 is 0 Å². The second kappa shape index (κ2) is 17.0. The maximum Gasteiger partial charge on any atom is 0.272 e. The Morgan fingerprint density at radius 3 is 2.41 bits per heavy atom. The fourth-order valence-electron chi connectivity index (χ4n) is 4.65. The molecule has 1 aromatic heterocycles. The Balaban J connectivity index is 1.31. The summed E-state index contributed by atoms with van der Waals surface area (Å²) in [7, 11) is 3.06. The topological polar surface area (TPSA) is 119 Å². The Hall–Kier alpha value is -4.91. The molecule has 0 saturated carbocycles. The van der Waals surface area contributed by atoms with Gasteiger partial charge in [0, 0.05) is 37.1 Å². The molecule has 3 amide bonds. The largest absolute Gasteiger partial charge is 0.497 e. The second-order valence-corrected chi connectivity index (χ2v) is 13.6. The van der Waals surface area contributed by atoms with Crippen LogP contribution in [0.5, 0.6) is 11.5 Å². The SMILES string of the molecule is CCC(Sc1cccc(NC(=O)/C(=C\c2cc(OC)ccc2OC)NC(=O)c2ccccc2)c1)C(=O)Nc1nc(-c2ccc(Br)cc2)cs1. The summed E-state index contributed by atoms with van der Waals surface area (Å²) in [6, 6.07) is 28.8. The van der Waals surface area contributed by atoms with Gasteiger partial charge in [-0.05, 0) is 73.2 Å². The summed E-state index contributed by atoms with van der Waals surface area (Å²) in [5.41, 5.74) is 3.15. The van der Waals surface area contributed by atoms with Crippen LogP contribution in [-0.4, -0.2) is 42.2 Å². The number of methoxy groups -OCH3 is 2. The average molecular weight is 758 g/mol. The van der Waals surface area contributed by atoms with E-state index in [0.29, 0.717) is 39.9 Å². The number of hydrogen-bond acceptors (Lipinski definition) is 8. The fraction of sp³-hybridized carbons (Fsp3) is 0.135. The molecule has 1 unspecified atom stereocenters. The molecule has 0 bridgehead atoms. The van der Waals surface area contributed by atoms with E-state index in [1.165, 1.54) is 43.4 Å². The third-order valence-corrected chi connectivity index (χ3v) is 9.82. The Labute approximate surface area is 301 Å². The predicted molar refractivity (Wildman–Crippen MR) is 200 cm³/mol. The van der Waals surface area contributed by atoms with E-state index in [-0.39, 0.29) is 11.6 Å². The first-order valence-electron chi connectivity index (χ1n) is 15.2. The van der Waals surface area contributed by atoms with Crippen LogP contribution in [0.1, 0.15) is 29.3 Å². The van der Waals surface area contributed by atoms with Crippen molar-refractivity contribution in [3.05, 3.63) is 124 Å². The summed E-state index contributed by atoms with van der Waals surface area (Å²) in [4.78, 5) is 45.5. The van der Waals surface area contributed by atoms with Crippen LogP contribution >= 0.6 is 39.0 Å². The first-order valence-corrected chi connectivity index (χ1v) is 17.7. The van der Waals surface area contributed by atoms with Gasteiger partial charge in [0.15, 0.2) is 5.13 Å². The molecule has 0 spiro atoms. The summed E-state index contributed by atoms with van der Waals surface area (Å²) in [6.45, 7) is 1.94. The van der Waals surface area contributed by atoms with E-state index in [4.69, 9.17) is 9.47 Å². The number of thioether (sulfide) groups is 1. The van der Waals surface area contributed by atoms with Crippen molar-refractivity contribution in [1.82, 2.24) is 10.3 Å². The van der Waals surface area contributed by atoms with Crippen LogP contribution in [0.2, 0.25) is 0 Å². The Kier molecular flexibility index (Phi) is 12.3. The van der Waals surface area contributed by atoms with E-state index in [0.717, 1.165) is 20.6 Å². The number of nitrogens with one attached hydrogen (secondary N) is 3. The number of thiazole rings is 1. The van der Waals surface area contributed by atoms with Gasteiger partial charge in [-0.25, -0.2) is 4.98 Å². The number of halogens is 1. The molecule has 0 fully saturated rings. The zero-order valence-corrected chi connectivity index (χ0v) is 30.1. The molecule has 0 radical (unpaired) electrons. The number of aromatic nitrogens is 1. The van der Waals surface area contributed by atoms with E-state index in [2.05, 4.69) is 36.9 Å². The normalized spacial score (nSPS) is 11.7. The van der Waals surface area contributed by atoms with Crippen LogP contribution < -0.4 is 25.4 Å². The molecular formula is C37H33BrN4O5S2. The Morgan fingerprint density at radius 2 is 1.69 bits per heavy atom. The van der Waals surface area contributed by atoms with Crippen LogP contribution in [0.4, 0.5) is 10.8 Å². The summed E-state index contributed by atoms with van der Waals surface area (Å²) in [6.07, 6.45) is 2.10. The summed E-state index contributed by atoms with van der Waals surface area (Å²) in [5, 5.41) is 10.6. The van der Waals surface area contributed by atoms with Gasteiger partial charge in [-0.3, -0.25) is 14.4 Å². The highest BCUT2D eigenvalue weighted by atomic mass is 79.9. The monoisotopic (exact) mass is 756 g/mol. The van der Waals surface area contributed by atoms with Gasteiger partial charge in [-0.1, -0.05) is 59.3 Å². The minimum atomic E-state index is -0.550. The van der Waals surface area contributed by atoms with E-state index in [1.807, 2.05) is 42.6 Å². The molecule has 12 heteroatoms. The van der Waals surface area contributed by atoms with Crippen LogP contribution in [0.15, 0.2) is 118 Å². The molecule has 0 aliphatic carbocycles. The Bertz CT molecular complexity index is 1970. The summed E-state index contributed by atoms with van der Waals surface area (Å²) in [5.74, 6) is -0.120. The Morgan fingerprint density at radius 1 is 0.918 bits per heavy atom. The molecular weight excluding hydrogens is 724 g/mol. The lowest BCUT2D eigenvalue weighted by Gasteiger charge is -2.15. The van der Waals surface area contributed by atoms with Gasteiger partial charge in [0.25, 0.3) is 11.8 Å². The van der Waals surface area contributed by atoms with E-state index in [1.54, 1.807) is 66.7 Å². The van der Waals surface area contributed by atoms with Crippen molar-refractivity contribution in [1.29, 1.82) is 0 Å². The zero-order chi connectivity index (χ0) is 34.8. The first kappa shape index (κ1) is 35.4. The first-order chi connectivity index (χ1) is 23.8. The lowest BCUT2D eigenvalue weighted by molar-refractivity contribution is -0.116. The number of nitrogens with zero attached hydrogens (tertiary/aromatic N) is 1. The van der Waals surface area contributed by atoms with Crippen molar-refractivity contribution < 1.29 is 23.9 Å². The van der Waals surface area contributed by atoms with Crippen molar-refractivity contribution in [2.24, 2.45) is 0 Å². The summed E-state index contributed by atoms with van der Waals surface area (Å²) >= 11 is 6.20. The number of hydrogen-bond donors (Lipinski definition) is 3. The molecule has 250 valence electrons. The van der Waals surface area contributed by atoms with Crippen molar-refractivity contribution in [2.75, 3.05) is 24.9 Å². The minimum Gasteiger partial charge on any atom is -0.497 e. The number of amides is 3. The third kappa shape index (κ3) is 9.59. The molecule has 9 nitrogen and oxygen atoms in total. The number of ether oxygens (including phenoxy) is 2. The van der Waals surface area contributed by atoms with Gasteiger partial charge in [0.1, 0.15) is 17.2 Å². The molecule has 0 aliphatic rings. The van der Waals surface area contributed by atoms with Gasteiger partial charge in [-0.2, -0.15) is 0 Å². The standard InChI is InChI=1S/C37H33BrN4O5S2/c1-4-33(36(45)42-37-41-31(22-48-37)23-13-15-26(38)16-14-23)49-29-12-8-11-27(21-29)39-35(44)30(40-34(43)24-9-6-5-7-10-24)20-25-19-28(46-2)17-18-32(25)47-3/h5-22,33H,4H2,1-3H3,(H,39,44)(H,40,43)(H,41,42,45)/b30-20+. The molecule has 5 rings (SSSR count). The van der Waals surface area contributed by atoms with Gasteiger partial charge in [0.05, 0.1) is 25.2 Å². The van der Waals surface area contributed by atoms with Crippen LogP contribution in [-0.2, 0) is 9.59 Å². The quantitative estimate of drug-likeness (QED) is 0.0815. The van der Waals surface area contributed by atoms with Crippen molar-refractivity contribution >= 4 is 73.6 Å². The molecule has 3 N–H and O–H groups in total. The van der Waals surface area contributed by atoms with E-state index in [9.17, 15) is 14.4 Å². The third-order valence-electron chi connectivity index (χ3n) is 7.17. The number of benzene rings is 4. The molecule has 1 heterocycles. The van der Waals surface area contributed by atoms with Gasteiger partial charge in [0.2, 0.25) is 5.91 Å². The predicted octanol–water partition coefficient (Wildman–Crippen LogP) is 8.51. The van der Waals surface area contributed by atoms with E-state index < -0.39 is 17.1 Å². The lowest BCUT2D eigenvalue weighted by Crippen LogP contribution is -2.30. The van der Waals surface area contributed by atoms with Crippen molar-refractivity contribution in [3.63, 3.8) is 0 Å². The molecule has 4 aromatic carbocycles. The molecule has 1 atom stereocenters. The van der Waals surface area contributed by atoms with Crippen LogP contribution in [0.3, 0.4) is 0 Å².